The molecule has 0 atom stereocenters. The molecule has 5 nitrogen and oxygen atoms in total. The van der Waals surface area contributed by atoms with Crippen LogP contribution in [-0.4, -0.2) is 23.2 Å². The van der Waals surface area contributed by atoms with Crippen LogP contribution in [0, 0.1) is 0 Å². The normalized spacial score (nSPS) is 11.2. The average molecular weight is 302 g/mol. The fourth-order valence-corrected chi connectivity index (χ4v) is 1.94. The van der Waals surface area contributed by atoms with Crippen LogP contribution in [0.1, 0.15) is 15.4 Å². The van der Waals surface area contributed by atoms with Crippen molar-refractivity contribution in [3.63, 3.8) is 0 Å². The largest absolute Gasteiger partial charge is 0.416 e. The molecule has 0 saturated carbocycles. The number of halogens is 3. The lowest BCUT2D eigenvalue weighted by Crippen LogP contribution is -2.12. The van der Waals surface area contributed by atoms with Crippen molar-refractivity contribution in [2.24, 2.45) is 0 Å². The Labute approximate surface area is 115 Å². The molecule has 20 heavy (non-hydrogen) atoms. The van der Waals surface area contributed by atoms with Crippen LogP contribution in [0.15, 0.2) is 24.3 Å². The molecule has 0 aliphatic rings. The highest BCUT2D eigenvalue weighted by molar-refractivity contribution is 7.17. The Morgan fingerprint density at radius 1 is 1.20 bits per heavy atom. The molecule has 0 unspecified atom stereocenters. The van der Waals surface area contributed by atoms with E-state index >= 15 is 0 Å². The molecular formula is C11H9F3N4OS. The van der Waals surface area contributed by atoms with Gasteiger partial charge in [0.2, 0.25) is 10.1 Å². The zero-order chi connectivity index (χ0) is 14.8. The molecule has 0 aliphatic carbocycles. The molecule has 0 aliphatic heterocycles. The molecule has 1 aromatic carbocycles. The topological polar surface area (TPSA) is 66.9 Å². The third-order valence-corrected chi connectivity index (χ3v) is 3.24. The molecule has 1 heterocycles. The first kappa shape index (κ1) is 14.3. The van der Waals surface area contributed by atoms with Gasteiger partial charge in [-0.05, 0) is 24.3 Å². The molecule has 106 valence electrons. The number of amides is 1. The fraction of sp³-hybridized carbons (Fsp3) is 0.182. The van der Waals surface area contributed by atoms with Crippen LogP contribution >= 0.6 is 11.3 Å². The van der Waals surface area contributed by atoms with Crippen molar-refractivity contribution in [2.45, 2.75) is 6.18 Å². The number of nitrogens with zero attached hydrogens (tertiary/aromatic N) is 2. The van der Waals surface area contributed by atoms with Crippen LogP contribution in [0.4, 0.5) is 24.0 Å². The Kier molecular flexibility index (Phi) is 3.89. The van der Waals surface area contributed by atoms with Crippen molar-refractivity contribution in [2.75, 3.05) is 17.7 Å². The predicted octanol–water partition coefficient (Wildman–Crippen LogP) is 2.85. The SMILES string of the molecule is CNc1nnc(C(=O)Nc2ccc(C(F)(F)F)cc2)s1. The Morgan fingerprint density at radius 2 is 1.85 bits per heavy atom. The van der Waals surface area contributed by atoms with Crippen molar-refractivity contribution in [1.29, 1.82) is 0 Å². The molecule has 0 saturated heterocycles. The van der Waals surface area contributed by atoms with E-state index in [9.17, 15) is 18.0 Å². The van der Waals surface area contributed by atoms with Crippen LogP contribution < -0.4 is 10.6 Å². The van der Waals surface area contributed by atoms with Crippen LogP contribution in [0.3, 0.4) is 0 Å². The van der Waals surface area contributed by atoms with Gasteiger partial charge in [0.1, 0.15) is 0 Å². The Bertz CT molecular complexity index is 609. The number of nitrogens with one attached hydrogen (secondary N) is 2. The molecule has 0 bridgehead atoms. The van der Waals surface area contributed by atoms with Crippen LogP contribution in [0.25, 0.3) is 0 Å². The fourth-order valence-electron chi connectivity index (χ4n) is 1.34. The lowest BCUT2D eigenvalue weighted by atomic mass is 10.2. The Morgan fingerprint density at radius 3 is 2.35 bits per heavy atom. The van der Waals surface area contributed by atoms with Gasteiger partial charge in [-0.2, -0.15) is 13.2 Å². The first-order valence-corrected chi connectivity index (χ1v) is 6.21. The number of anilines is 2. The quantitative estimate of drug-likeness (QED) is 0.915. The lowest BCUT2D eigenvalue weighted by molar-refractivity contribution is -0.137. The predicted molar refractivity (Wildman–Crippen MR) is 68.9 cm³/mol. The number of hydrogen-bond acceptors (Lipinski definition) is 5. The Balaban J connectivity index is 2.08. The second-order valence-corrected chi connectivity index (χ2v) is 4.67. The molecule has 1 aromatic heterocycles. The van der Waals surface area contributed by atoms with Crippen LogP contribution in [0.5, 0.6) is 0 Å². The number of hydrogen-bond donors (Lipinski definition) is 2. The maximum Gasteiger partial charge on any atom is 0.416 e. The number of carbonyl (C=O) groups is 1. The molecule has 0 spiro atoms. The summed E-state index contributed by atoms with van der Waals surface area (Å²) in [7, 11) is 1.64. The zero-order valence-electron chi connectivity index (χ0n) is 10.2. The number of benzene rings is 1. The van der Waals surface area contributed by atoms with Crippen molar-refractivity contribution in [3.05, 3.63) is 34.8 Å². The molecular weight excluding hydrogens is 293 g/mol. The number of rotatable bonds is 3. The summed E-state index contributed by atoms with van der Waals surface area (Å²) >= 11 is 1.04. The van der Waals surface area contributed by atoms with Crippen molar-refractivity contribution < 1.29 is 18.0 Å². The van der Waals surface area contributed by atoms with E-state index in [4.69, 9.17) is 0 Å². The van der Waals surface area contributed by atoms with E-state index in [1.54, 1.807) is 7.05 Å². The minimum atomic E-state index is -4.40. The minimum absolute atomic E-state index is 0.120. The summed E-state index contributed by atoms with van der Waals surface area (Å²) in [4.78, 5) is 11.8. The third-order valence-electron chi connectivity index (χ3n) is 2.30. The second-order valence-electron chi connectivity index (χ2n) is 3.69. The van der Waals surface area contributed by atoms with E-state index in [-0.39, 0.29) is 10.7 Å². The van der Waals surface area contributed by atoms with E-state index in [1.165, 1.54) is 12.1 Å². The van der Waals surface area contributed by atoms with Gasteiger partial charge in [0, 0.05) is 12.7 Å². The highest BCUT2D eigenvalue weighted by atomic mass is 32.1. The number of alkyl halides is 3. The van der Waals surface area contributed by atoms with Gasteiger partial charge in [-0.3, -0.25) is 4.79 Å². The van der Waals surface area contributed by atoms with Gasteiger partial charge in [0.25, 0.3) is 5.91 Å². The summed E-state index contributed by atoms with van der Waals surface area (Å²) in [5.74, 6) is -0.524. The van der Waals surface area contributed by atoms with E-state index in [1.807, 2.05) is 0 Å². The third kappa shape index (κ3) is 3.23. The summed E-state index contributed by atoms with van der Waals surface area (Å²) < 4.78 is 37.1. The van der Waals surface area contributed by atoms with Gasteiger partial charge in [0.15, 0.2) is 0 Å². The Hall–Kier alpha value is -2.16. The zero-order valence-corrected chi connectivity index (χ0v) is 11.0. The van der Waals surface area contributed by atoms with Crippen LogP contribution in [0.2, 0.25) is 0 Å². The van der Waals surface area contributed by atoms with E-state index in [0.717, 1.165) is 23.5 Å². The maximum atomic E-state index is 12.4. The minimum Gasteiger partial charge on any atom is -0.363 e. The van der Waals surface area contributed by atoms with E-state index in [0.29, 0.717) is 5.13 Å². The standard InChI is InChI=1S/C11H9F3N4OS/c1-15-10-18-17-9(20-10)8(19)16-7-4-2-6(3-5-7)11(12,13)14/h2-5H,1H3,(H,15,18)(H,16,19). The van der Waals surface area contributed by atoms with Gasteiger partial charge in [-0.25, -0.2) is 0 Å². The number of aromatic nitrogens is 2. The summed E-state index contributed by atoms with van der Waals surface area (Å²) in [6, 6.07) is 4.16. The highest BCUT2D eigenvalue weighted by Crippen LogP contribution is 2.29. The molecule has 1 amide bonds. The van der Waals surface area contributed by atoms with Gasteiger partial charge in [0.05, 0.1) is 5.56 Å². The van der Waals surface area contributed by atoms with Crippen LogP contribution in [-0.2, 0) is 6.18 Å². The summed E-state index contributed by atoms with van der Waals surface area (Å²) in [5.41, 5.74) is -0.520. The molecule has 0 fully saturated rings. The first-order valence-electron chi connectivity index (χ1n) is 5.40. The van der Waals surface area contributed by atoms with Gasteiger partial charge >= 0.3 is 6.18 Å². The van der Waals surface area contributed by atoms with E-state index in [2.05, 4.69) is 20.8 Å². The highest BCUT2D eigenvalue weighted by Gasteiger charge is 2.30. The summed E-state index contributed by atoms with van der Waals surface area (Å²) in [6.07, 6.45) is -4.40. The van der Waals surface area contributed by atoms with Crippen molar-refractivity contribution >= 4 is 28.1 Å². The summed E-state index contributed by atoms with van der Waals surface area (Å²) in [5, 5.41) is 13.1. The molecule has 9 heteroatoms. The van der Waals surface area contributed by atoms with Gasteiger partial charge < -0.3 is 10.6 Å². The number of carbonyl (C=O) groups excluding carboxylic acids is 1. The summed E-state index contributed by atoms with van der Waals surface area (Å²) in [6.45, 7) is 0. The molecule has 0 radical (unpaired) electrons. The maximum absolute atomic E-state index is 12.4. The average Bonchev–Trinajstić information content (AvgIpc) is 2.87. The van der Waals surface area contributed by atoms with Crippen molar-refractivity contribution in [1.82, 2.24) is 10.2 Å². The van der Waals surface area contributed by atoms with Gasteiger partial charge in [-0.15, -0.1) is 10.2 Å². The molecule has 2 N–H and O–H groups in total. The molecule has 2 aromatic rings. The smallest absolute Gasteiger partial charge is 0.363 e. The second kappa shape index (κ2) is 5.45. The molecule has 2 rings (SSSR count). The lowest BCUT2D eigenvalue weighted by Gasteiger charge is -2.07. The van der Waals surface area contributed by atoms with Crippen molar-refractivity contribution in [3.8, 4) is 0 Å². The first-order chi connectivity index (χ1) is 9.40. The monoisotopic (exact) mass is 302 g/mol. The van der Waals surface area contributed by atoms with E-state index < -0.39 is 17.6 Å². The van der Waals surface area contributed by atoms with Gasteiger partial charge in [-0.1, -0.05) is 11.3 Å².